The molecule has 0 heterocycles. The van der Waals surface area contributed by atoms with E-state index in [0.29, 0.717) is 6.07 Å². The summed E-state index contributed by atoms with van der Waals surface area (Å²) in [5.74, 6) is 0. The second-order valence-electron chi connectivity index (χ2n) is 4.18. The third-order valence-electron chi connectivity index (χ3n) is 2.40. The second kappa shape index (κ2) is 6.41. The van der Waals surface area contributed by atoms with Crippen LogP contribution >= 0.6 is 0 Å². The highest BCUT2D eigenvalue weighted by atomic mass is 32.2. The van der Waals surface area contributed by atoms with E-state index in [1.165, 1.54) is 0 Å². The number of halogens is 7. The average molecular weight is 354 g/mol. The van der Waals surface area contributed by atoms with Crippen molar-refractivity contribution in [2.75, 3.05) is 6.61 Å². The fourth-order valence-corrected chi connectivity index (χ4v) is 1.88. The van der Waals surface area contributed by atoms with Gasteiger partial charge in [0.05, 0.1) is 12.2 Å². The zero-order valence-electron chi connectivity index (χ0n) is 10.6. The zero-order chi connectivity index (χ0) is 17.2. The second-order valence-corrected chi connectivity index (χ2v) is 5.79. The highest BCUT2D eigenvalue weighted by Gasteiger charge is 2.47. The van der Waals surface area contributed by atoms with Crippen LogP contribution in [0.3, 0.4) is 0 Å². The van der Waals surface area contributed by atoms with Crippen molar-refractivity contribution in [3.05, 3.63) is 35.4 Å². The lowest BCUT2D eigenvalue weighted by molar-refractivity contribution is -0.137. The third-order valence-corrected chi connectivity index (χ3v) is 3.41. The summed E-state index contributed by atoms with van der Waals surface area (Å²) in [6.45, 7) is -1.45. The quantitative estimate of drug-likeness (QED) is 0.462. The number of alkyl halides is 7. The minimum absolute atomic E-state index is 0.157. The van der Waals surface area contributed by atoms with Crippen LogP contribution < -0.4 is 0 Å². The molecule has 0 aliphatic heterocycles. The Hall–Kier alpha value is -1.36. The van der Waals surface area contributed by atoms with E-state index in [1.54, 1.807) is 0 Å². The molecule has 1 rings (SSSR count). The van der Waals surface area contributed by atoms with Gasteiger partial charge in [-0.15, -0.1) is 0 Å². The molecular weight excluding hydrogens is 345 g/mol. The summed E-state index contributed by atoms with van der Waals surface area (Å²) >= 11 is 0. The van der Waals surface area contributed by atoms with Crippen molar-refractivity contribution >= 4 is 10.1 Å². The minimum Gasteiger partial charge on any atom is -0.260 e. The molecule has 0 aromatic heterocycles. The Balaban J connectivity index is 2.69. The van der Waals surface area contributed by atoms with Crippen molar-refractivity contribution < 1.29 is 43.3 Å². The van der Waals surface area contributed by atoms with Crippen LogP contribution in [0.2, 0.25) is 0 Å². The van der Waals surface area contributed by atoms with E-state index >= 15 is 0 Å². The minimum atomic E-state index is -5.94. The van der Waals surface area contributed by atoms with E-state index in [4.69, 9.17) is 0 Å². The Morgan fingerprint density at radius 2 is 1.68 bits per heavy atom. The summed E-state index contributed by atoms with van der Waals surface area (Å²) in [5.41, 5.74) is -6.90. The van der Waals surface area contributed by atoms with Gasteiger partial charge in [-0.3, -0.25) is 4.18 Å². The normalized spacial score (nSPS) is 14.9. The molecule has 0 fully saturated rings. The molecular formula is C11H9F7O3S. The molecule has 3 nitrogen and oxygen atoms in total. The standard InChI is InChI=1S/C11H9F7O3S/c12-9(6-21-22(19,20)11(16,17)18)5-7-2-1-3-8(4-7)10(13,14)15/h1-4,9H,5-6H2/t9-/m0/s1. The first kappa shape index (κ1) is 18.7. The molecule has 0 saturated heterocycles. The molecule has 0 radical (unpaired) electrons. The SMILES string of the molecule is O=S(=O)(OC[C@@H](F)Cc1cccc(C(F)(F)F)c1)C(F)(F)F. The van der Waals surface area contributed by atoms with Crippen molar-refractivity contribution in [2.45, 2.75) is 24.3 Å². The van der Waals surface area contributed by atoms with Crippen LogP contribution in [0.5, 0.6) is 0 Å². The first-order valence-corrected chi connectivity index (χ1v) is 6.99. The molecule has 0 aliphatic carbocycles. The summed E-state index contributed by atoms with van der Waals surface area (Å²) in [6, 6.07) is 3.48. The van der Waals surface area contributed by atoms with Gasteiger partial charge in [-0.25, -0.2) is 4.39 Å². The molecule has 0 saturated carbocycles. The summed E-state index contributed by atoms with van der Waals surface area (Å²) in [7, 11) is -5.94. The van der Waals surface area contributed by atoms with E-state index in [9.17, 15) is 39.2 Å². The van der Waals surface area contributed by atoms with Gasteiger partial charge in [0.2, 0.25) is 0 Å². The number of hydrogen-bond donors (Lipinski definition) is 0. The Labute approximate surface area is 120 Å². The maximum Gasteiger partial charge on any atom is 0.523 e. The lowest BCUT2D eigenvalue weighted by Gasteiger charge is -2.12. The van der Waals surface area contributed by atoms with E-state index in [2.05, 4.69) is 4.18 Å². The lowest BCUT2D eigenvalue weighted by atomic mass is 10.1. The highest BCUT2D eigenvalue weighted by molar-refractivity contribution is 7.87. The number of hydrogen-bond acceptors (Lipinski definition) is 3. The van der Waals surface area contributed by atoms with Gasteiger partial charge in [-0.05, 0) is 11.6 Å². The maximum atomic E-state index is 13.4. The van der Waals surface area contributed by atoms with Crippen molar-refractivity contribution in [1.29, 1.82) is 0 Å². The smallest absolute Gasteiger partial charge is 0.260 e. The van der Waals surface area contributed by atoms with Crippen LogP contribution in [0, 0.1) is 0 Å². The summed E-state index contributed by atoms with van der Waals surface area (Å²) in [5, 5.41) is 0. The molecule has 1 aromatic rings. The maximum absolute atomic E-state index is 13.4. The van der Waals surface area contributed by atoms with Gasteiger partial charge in [0.1, 0.15) is 6.17 Å². The van der Waals surface area contributed by atoms with Crippen molar-refractivity contribution in [2.24, 2.45) is 0 Å². The van der Waals surface area contributed by atoms with Crippen molar-refractivity contribution in [1.82, 2.24) is 0 Å². The van der Waals surface area contributed by atoms with Gasteiger partial charge >= 0.3 is 21.8 Å². The zero-order valence-corrected chi connectivity index (χ0v) is 11.4. The Bertz CT molecular complexity index is 607. The molecule has 126 valence electrons. The molecule has 1 atom stereocenters. The van der Waals surface area contributed by atoms with Gasteiger partial charge < -0.3 is 0 Å². The Morgan fingerprint density at radius 3 is 2.18 bits per heavy atom. The van der Waals surface area contributed by atoms with Crippen molar-refractivity contribution in [3.63, 3.8) is 0 Å². The van der Waals surface area contributed by atoms with Crippen LogP contribution in [-0.2, 0) is 26.9 Å². The fraction of sp³-hybridized carbons (Fsp3) is 0.455. The van der Waals surface area contributed by atoms with Gasteiger partial charge in [0, 0.05) is 6.42 Å². The Kier molecular flexibility index (Phi) is 5.44. The molecule has 0 bridgehead atoms. The molecule has 0 N–H and O–H groups in total. The van der Waals surface area contributed by atoms with E-state index < -0.39 is 46.6 Å². The van der Waals surface area contributed by atoms with E-state index in [-0.39, 0.29) is 5.56 Å². The van der Waals surface area contributed by atoms with Crippen LogP contribution in [0.15, 0.2) is 24.3 Å². The Morgan fingerprint density at radius 1 is 1.09 bits per heavy atom. The van der Waals surface area contributed by atoms with Gasteiger partial charge in [-0.1, -0.05) is 18.2 Å². The number of benzene rings is 1. The predicted molar refractivity (Wildman–Crippen MR) is 61.0 cm³/mol. The molecule has 0 amide bonds. The van der Waals surface area contributed by atoms with Gasteiger partial charge in [0.15, 0.2) is 0 Å². The van der Waals surface area contributed by atoms with Crippen LogP contribution in [-0.4, -0.2) is 26.7 Å². The largest absolute Gasteiger partial charge is 0.523 e. The first-order valence-electron chi connectivity index (χ1n) is 5.59. The van der Waals surface area contributed by atoms with E-state index in [0.717, 1.165) is 18.2 Å². The topological polar surface area (TPSA) is 43.4 Å². The van der Waals surface area contributed by atoms with Gasteiger partial charge in [-0.2, -0.15) is 34.8 Å². The average Bonchev–Trinajstić information content (AvgIpc) is 2.34. The van der Waals surface area contributed by atoms with Crippen LogP contribution in [0.4, 0.5) is 30.7 Å². The van der Waals surface area contributed by atoms with Crippen molar-refractivity contribution in [3.8, 4) is 0 Å². The molecule has 1 aromatic carbocycles. The molecule has 0 aliphatic rings. The number of rotatable bonds is 5. The molecule has 0 unspecified atom stereocenters. The van der Waals surface area contributed by atoms with E-state index in [1.807, 2.05) is 0 Å². The summed E-state index contributed by atoms with van der Waals surface area (Å²) in [4.78, 5) is 0. The first-order chi connectivity index (χ1) is 9.83. The van der Waals surface area contributed by atoms with Crippen LogP contribution in [0.25, 0.3) is 0 Å². The predicted octanol–water partition coefficient (Wildman–Crippen LogP) is 3.45. The van der Waals surface area contributed by atoms with Crippen LogP contribution in [0.1, 0.15) is 11.1 Å². The third kappa shape index (κ3) is 5.13. The fourth-order valence-electron chi connectivity index (χ4n) is 1.42. The monoisotopic (exact) mass is 354 g/mol. The van der Waals surface area contributed by atoms with Gasteiger partial charge in [0.25, 0.3) is 0 Å². The summed E-state index contributed by atoms with van der Waals surface area (Å²) in [6.07, 6.45) is -7.60. The molecule has 22 heavy (non-hydrogen) atoms. The highest BCUT2D eigenvalue weighted by Crippen LogP contribution is 2.30. The molecule has 11 heteroatoms. The molecule has 0 spiro atoms. The lowest BCUT2D eigenvalue weighted by Crippen LogP contribution is -2.28. The summed E-state index contributed by atoms with van der Waals surface area (Å²) < 4.78 is 111.